The van der Waals surface area contributed by atoms with Gasteiger partial charge in [-0.2, -0.15) is 4.91 Å². The predicted molar refractivity (Wildman–Crippen MR) is 130 cm³/mol. The number of aromatic amines is 1. The molecule has 1 saturated heterocycles. The van der Waals surface area contributed by atoms with Gasteiger partial charge in [-0.05, 0) is 55.7 Å². The topological polar surface area (TPSA) is 115 Å². The number of hydrogen-bond acceptors (Lipinski definition) is 5. The molecule has 0 bridgehead atoms. The Morgan fingerprint density at radius 2 is 2.18 bits per heavy atom. The first-order valence-corrected chi connectivity index (χ1v) is 12.2. The van der Waals surface area contributed by atoms with E-state index < -0.39 is 22.8 Å². The monoisotopic (exact) mass is 489 g/mol. The van der Waals surface area contributed by atoms with Crippen LogP contribution >= 0.6 is 0 Å². The third kappa shape index (κ3) is 6.23. The first-order chi connectivity index (χ1) is 16.3. The number of rotatable bonds is 11. The number of anilines is 1. The Morgan fingerprint density at radius 3 is 2.85 bits per heavy atom. The van der Waals surface area contributed by atoms with E-state index in [-0.39, 0.29) is 36.2 Å². The highest BCUT2D eigenvalue weighted by Gasteiger charge is 2.34. The molecule has 0 saturated carbocycles. The molecule has 2 aromatic rings. The summed E-state index contributed by atoms with van der Waals surface area (Å²) >= 11 is 0. The Balaban J connectivity index is 1.60. The lowest BCUT2D eigenvalue weighted by Crippen LogP contribution is -2.39. The van der Waals surface area contributed by atoms with E-state index in [4.69, 9.17) is 0 Å². The van der Waals surface area contributed by atoms with E-state index >= 15 is 0 Å². The third-order valence-electron chi connectivity index (χ3n) is 5.56. The molecule has 0 radical (unpaired) electrons. The highest BCUT2D eigenvalue weighted by atomic mass is 32.2. The van der Waals surface area contributed by atoms with Crippen LogP contribution in [0.4, 0.5) is 10.1 Å². The molecule has 1 aliphatic heterocycles. The van der Waals surface area contributed by atoms with Crippen LogP contribution in [0.25, 0.3) is 6.08 Å². The third-order valence-corrected chi connectivity index (χ3v) is 6.46. The maximum atomic E-state index is 14.8. The molecule has 2 heterocycles. The van der Waals surface area contributed by atoms with Gasteiger partial charge in [-0.3, -0.25) is 9.59 Å². The average molecular weight is 490 g/mol. The van der Waals surface area contributed by atoms with Crippen LogP contribution in [0.2, 0.25) is 0 Å². The molecule has 0 spiro atoms. The van der Waals surface area contributed by atoms with E-state index in [0.29, 0.717) is 19.4 Å². The van der Waals surface area contributed by atoms with Crippen molar-refractivity contribution >= 4 is 34.6 Å². The molecule has 2 N–H and O–H groups in total. The molecule has 1 aliphatic rings. The second kappa shape index (κ2) is 11.8. The summed E-state index contributed by atoms with van der Waals surface area (Å²) in [5.41, 5.74) is 2.09. The van der Waals surface area contributed by atoms with Crippen LogP contribution in [0.1, 0.15) is 41.5 Å². The van der Waals surface area contributed by atoms with Crippen LogP contribution in [-0.4, -0.2) is 58.6 Å². The molecule has 1 aromatic heterocycles. The molecule has 11 heteroatoms. The van der Waals surface area contributed by atoms with Gasteiger partial charge in [-0.25, -0.2) is 13.3 Å². The number of aryl methyl sites for hydroxylation is 1. The lowest BCUT2D eigenvalue weighted by atomic mass is 10.1. The zero-order valence-corrected chi connectivity index (χ0v) is 19.9. The molecule has 1 aromatic carbocycles. The molecular formula is C23H28FN5O4S. The molecule has 34 heavy (non-hydrogen) atoms. The van der Waals surface area contributed by atoms with Crippen molar-refractivity contribution in [1.82, 2.24) is 14.6 Å². The van der Waals surface area contributed by atoms with Crippen LogP contribution in [0.5, 0.6) is 0 Å². The first kappa shape index (κ1) is 25.4. The van der Waals surface area contributed by atoms with Crippen molar-refractivity contribution in [2.45, 2.75) is 32.2 Å². The summed E-state index contributed by atoms with van der Waals surface area (Å²) in [6.45, 7) is 2.71. The Labute approximate surface area is 200 Å². The maximum Gasteiger partial charge on any atom is 0.253 e. The zero-order chi connectivity index (χ0) is 24.7. The van der Waals surface area contributed by atoms with Gasteiger partial charge < -0.3 is 14.8 Å². The number of hydrogen-bond donors (Lipinski definition) is 2. The molecule has 2 amide bonds. The summed E-state index contributed by atoms with van der Waals surface area (Å²) in [6.07, 6.45) is 3.34. The number of benzene rings is 1. The fraction of sp³-hybridized carbons (Fsp3) is 0.391. The minimum Gasteiger partial charge on any atom is -0.359 e. The van der Waals surface area contributed by atoms with Crippen molar-refractivity contribution in [3.8, 4) is 0 Å². The van der Waals surface area contributed by atoms with Crippen molar-refractivity contribution < 1.29 is 18.2 Å². The SMILES string of the molecule is CCc1ccc(/C=C/S(=O)NC2CCN(c3ccc(C(=O)N(C)CCCN=O)cc3F)C2=O)[nH]1. The summed E-state index contributed by atoms with van der Waals surface area (Å²) in [5.74, 6) is -1.47. The number of amides is 2. The summed E-state index contributed by atoms with van der Waals surface area (Å²) in [7, 11) is -0.0258. The van der Waals surface area contributed by atoms with Gasteiger partial charge in [-0.15, -0.1) is 0 Å². The fourth-order valence-corrected chi connectivity index (χ4v) is 4.51. The molecule has 0 aliphatic carbocycles. The standard InChI is InChI=1S/C23H28FN5O4S/c1-3-17-6-7-18(26-17)10-14-34(33)27-20-9-13-29(23(20)31)21-8-5-16(15-19(21)24)22(30)28(2)12-4-11-25-32/h5-8,10,14-15,20,26-27H,3-4,9,11-13H2,1-2H3/b14-10+. The second-order valence-corrected chi connectivity index (χ2v) is 9.04. The number of nitroso groups, excluding NO2 is 1. The Kier molecular flexibility index (Phi) is 8.83. The van der Waals surface area contributed by atoms with Crippen LogP contribution in [0, 0.1) is 10.7 Å². The number of H-pyrrole nitrogens is 1. The number of carbonyl (C=O) groups is 2. The van der Waals surface area contributed by atoms with E-state index in [9.17, 15) is 23.1 Å². The van der Waals surface area contributed by atoms with Gasteiger partial charge in [0.05, 0.1) is 12.2 Å². The number of carbonyl (C=O) groups excluding carboxylic acids is 2. The number of nitrogens with zero attached hydrogens (tertiary/aromatic N) is 3. The molecule has 2 atom stereocenters. The quantitative estimate of drug-likeness (QED) is 0.373. The van der Waals surface area contributed by atoms with Gasteiger partial charge in [-0.1, -0.05) is 12.1 Å². The molecule has 9 nitrogen and oxygen atoms in total. The first-order valence-electron chi connectivity index (χ1n) is 11.0. The van der Waals surface area contributed by atoms with E-state index in [1.54, 1.807) is 13.1 Å². The Morgan fingerprint density at radius 1 is 1.38 bits per heavy atom. The second-order valence-electron chi connectivity index (χ2n) is 7.94. The fourth-order valence-electron chi connectivity index (χ4n) is 3.66. The average Bonchev–Trinajstić information content (AvgIpc) is 3.44. The number of halogens is 1. The summed E-state index contributed by atoms with van der Waals surface area (Å²) in [4.78, 5) is 41.3. The van der Waals surface area contributed by atoms with Gasteiger partial charge in [0, 0.05) is 42.5 Å². The van der Waals surface area contributed by atoms with Crippen LogP contribution in [-0.2, 0) is 22.2 Å². The molecular weight excluding hydrogens is 461 g/mol. The number of nitrogens with one attached hydrogen (secondary N) is 2. The normalized spacial score (nSPS) is 16.9. The predicted octanol–water partition coefficient (Wildman–Crippen LogP) is 2.97. The van der Waals surface area contributed by atoms with Gasteiger partial charge in [0.15, 0.2) is 0 Å². The van der Waals surface area contributed by atoms with E-state index in [1.807, 2.05) is 19.1 Å². The summed E-state index contributed by atoms with van der Waals surface area (Å²) in [5, 5.41) is 4.22. The van der Waals surface area contributed by atoms with Crippen molar-refractivity contribution in [2.75, 3.05) is 31.6 Å². The zero-order valence-electron chi connectivity index (χ0n) is 19.1. The maximum absolute atomic E-state index is 14.8. The van der Waals surface area contributed by atoms with Gasteiger partial charge in [0.2, 0.25) is 5.91 Å². The van der Waals surface area contributed by atoms with Crippen molar-refractivity contribution in [3.05, 3.63) is 63.4 Å². The van der Waals surface area contributed by atoms with Crippen molar-refractivity contribution in [2.24, 2.45) is 5.18 Å². The highest BCUT2D eigenvalue weighted by Crippen LogP contribution is 2.26. The summed E-state index contributed by atoms with van der Waals surface area (Å²) < 4.78 is 30.0. The van der Waals surface area contributed by atoms with Crippen LogP contribution in [0.3, 0.4) is 0 Å². The minimum atomic E-state index is -1.59. The van der Waals surface area contributed by atoms with Crippen LogP contribution in [0.15, 0.2) is 40.9 Å². The van der Waals surface area contributed by atoms with E-state index in [0.717, 1.165) is 23.9 Å². The lowest BCUT2D eigenvalue weighted by Gasteiger charge is -2.20. The molecule has 182 valence electrons. The largest absolute Gasteiger partial charge is 0.359 e. The number of aromatic nitrogens is 1. The minimum absolute atomic E-state index is 0.0680. The van der Waals surface area contributed by atoms with Crippen LogP contribution < -0.4 is 9.62 Å². The van der Waals surface area contributed by atoms with E-state index in [1.165, 1.54) is 27.3 Å². The van der Waals surface area contributed by atoms with Crippen molar-refractivity contribution in [3.63, 3.8) is 0 Å². The molecule has 2 unspecified atom stereocenters. The van der Waals surface area contributed by atoms with E-state index in [2.05, 4.69) is 14.9 Å². The smallest absolute Gasteiger partial charge is 0.253 e. The van der Waals surface area contributed by atoms with Gasteiger partial charge >= 0.3 is 0 Å². The molecule has 1 fully saturated rings. The Bertz CT molecular complexity index is 1100. The van der Waals surface area contributed by atoms with Gasteiger partial charge in [0.25, 0.3) is 5.91 Å². The summed E-state index contributed by atoms with van der Waals surface area (Å²) in [6, 6.07) is 7.08. The Hall–Kier alpha value is -3.18. The van der Waals surface area contributed by atoms with Crippen molar-refractivity contribution in [1.29, 1.82) is 0 Å². The lowest BCUT2D eigenvalue weighted by molar-refractivity contribution is -0.118. The van der Waals surface area contributed by atoms with Gasteiger partial charge in [0.1, 0.15) is 22.8 Å². The molecule has 3 rings (SSSR count). The highest BCUT2D eigenvalue weighted by molar-refractivity contribution is 7.86.